The zero-order valence-electron chi connectivity index (χ0n) is 32.8. The van der Waals surface area contributed by atoms with E-state index in [1.54, 1.807) is 39.9 Å². The van der Waals surface area contributed by atoms with Crippen LogP contribution in [0.15, 0.2) is 30.4 Å². The third-order valence-corrected chi connectivity index (χ3v) is 12.9. The van der Waals surface area contributed by atoms with Crippen LogP contribution in [0.1, 0.15) is 95.7 Å². The minimum Gasteiger partial charge on any atom is -0.497 e. The van der Waals surface area contributed by atoms with Crippen molar-refractivity contribution >= 4 is 39.9 Å². The SMILES string of the molecule is COCC1c2ccc(OC)cc2CCN1C(=O)O[C@@H]1CC2C(=O)N[C@]3(C(=O)NS(=O)(=O)C4CC4)C[C@H]3C=CCCCCC[C@H](NC(=O)OC(C)(C)C)C(=O)N2C1. The van der Waals surface area contributed by atoms with Crippen LogP contribution in [-0.2, 0) is 45.0 Å². The number of benzene rings is 1. The number of amides is 5. The van der Waals surface area contributed by atoms with Gasteiger partial charge in [0.25, 0.3) is 5.91 Å². The summed E-state index contributed by atoms with van der Waals surface area (Å²) in [5.41, 5.74) is -0.478. The molecule has 2 aliphatic carbocycles. The average molecular weight is 802 g/mol. The number of ether oxygens (including phenoxy) is 4. The molecule has 2 unspecified atom stereocenters. The number of hydrogen-bond acceptors (Lipinski definition) is 11. The van der Waals surface area contributed by atoms with Crippen molar-refractivity contribution < 1.29 is 51.3 Å². The lowest BCUT2D eigenvalue weighted by atomic mass is 9.93. The molecule has 3 aliphatic heterocycles. The highest BCUT2D eigenvalue weighted by Gasteiger charge is 2.62. The molecule has 6 rings (SSSR count). The van der Waals surface area contributed by atoms with Gasteiger partial charge in [-0.15, -0.1) is 0 Å². The number of sulfonamides is 1. The maximum absolute atomic E-state index is 14.5. The Kier molecular flexibility index (Phi) is 12.2. The van der Waals surface area contributed by atoms with Crippen LogP contribution in [-0.4, -0.2) is 117 Å². The van der Waals surface area contributed by atoms with Crippen LogP contribution in [0.5, 0.6) is 5.75 Å². The van der Waals surface area contributed by atoms with Crippen molar-refractivity contribution in [2.75, 3.05) is 33.9 Å². The van der Waals surface area contributed by atoms with Crippen LogP contribution in [0.25, 0.3) is 0 Å². The smallest absolute Gasteiger partial charge is 0.410 e. The Balaban J connectivity index is 1.27. The van der Waals surface area contributed by atoms with Gasteiger partial charge in [-0.25, -0.2) is 18.0 Å². The van der Waals surface area contributed by atoms with E-state index in [9.17, 15) is 32.4 Å². The van der Waals surface area contributed by atoms with Crippen molar-refractivity contribution in [2.24, 2.45) is 5.92 Å². The summed E-state index contributed by atoms with van der Waals surface area (Å²) in [4.78, 5) is 72.4. The van der Waals surface area contributed by atoms with E-state index >= 15 is 0 Å². The fourth-order valence-electron chi connectivity index (χ4n) is 7.88. The molecule has 56 heavy (non-hydrogen) atoms. The molecule has 0 bridgehead atoms. The zero-order valence-corrected chi connectivity index (χ0v) is 33.7. The first-order chi connectivity index (χ1) is 26.5. The summed E-state index contributed by atoms with van der Waals surface area (Å²) in [6.07, 6.45) is 5.92. The number of nitrogens with zero attached hydrogens (tertiary/aromatic N) is 2. The van der Waals surface area contributed by atoms with Gasteiger partial charge in [0.15, 0.2) is 0 Å². The van der Waals surface area contributed by atoms with E-state index in [0.717, 1.165) is 24.0 Å². The highest BCUT2D eigenvalue weighted by atomic mass is 32.2. The standard InChI is InChI=1S/C39H55N5O11S/c1-38(2,3)55-36(48)40-30-12-10-8-6-7-9-11-25-21-39(25,35(47)42-56(50,51)28-14-15-28)41-33(45)31-20-27(22-44(31)34(30)46)54-37(49)43-18-17-24-19-26(53-5)13-16-29(24)32(43)23-52-4/h9,11,13,16,19,25,27-28,30-32H,6-8,10,12,14-15,17-18,20-23H2,1-5H3,(H,40,48)(H,41,45)(H,42,47)/t25-,27-,30+,31?,32?,39-/m1/s1. The Morgan fingerprint density at radius 2 is 1.82 bits per heavy atom. The van der Waals surface area contributed by atoms with E-state index in [-0.39, 0.29) is 32.4 Å². The quantitative estimate of drug-likeness (QED) is 0.326. The third-order valence-electron chi connectivity index (χ3n) is 11.1. The van der Waals surface area contributed by atoms with Gasteiger partial charge in [0, 0.05) is 26.0 Å². The normalized spacial score (nSPS) is 28.3. The highest BCUT2D eigenvalue weighted by Crippen LogP contribution is 2.46. The van der Waals surface area contributed by atoms with Gasteiger partial charge in [-0.3, -0.25) is 24.0 Å². The molecule has 1 aromatic carbocycles. The van der Waals surface area contributed by atoms with E-state index in [2.05, 4.69) is 15.4 Å². The van der Waals surface area contributed by atoms with E-state index in [1.165, 1.54) is 4.90 Å². The summed E-state index contributed by atoms with van der Waals surface area (Å²) >= 11 is 0. The first-order valence-electron chi connectivity index (χ1n) is 19.5. The Bertz CT molecular complexity index is 1830. The molecule has 0 spiro atoms. The summed E-state index contributed by atoms with van der Waals surface area (Å²) < 4.78 is 50.3. The molecule has 5 amide bonds. The van der Waals surface area contributed by atoms with Crippen molar-refractivity contribution in [1.82, 2.24) is 25.2 Å². The van der Waals surface area contributed by atoms with Crippen molar-refractivity contribution in [2.45, 2.75) is 126 Å². The molecule has 1 saturated heterocycles. The van der Waals surface area contributed by atoms with Gasteiger partial charge in [0.05, 0.1) is 31.6 Å². The molecular weight excluding hydrogens is 747 g/mol. The summed E-state index contributed by atoms with van der Waals surface area (Å²) in [5.74, 6) is -1.86. The molecule has 0 aromatic heterocycles. The second kappa shape index (κ2) is 16.6. The predicted molar refractivity (Wildman–Crippen MR) is 203 cm³/mol. The number of allylic oxidation sites excluding steroid dienone is 1. The van der Waals surface area contributed by atoms with Crippen LogP contribution in [0.4, 0.5) is 9.59 Å². The van der Waals surface area contributed by atoms with Crippen molar-refractivity contribution in [1.29, 1.82) is 0 Å². The molecule has 308 valence electrons. The van der Waals surface area contributed by atoms with Crippen molar-refractivity contribution in [3.05, 3.63) is 41.5 Å². The summed E-state index contributed by atoms with van der Waals surface area (Å²) in [6.45, 7) is 5.48. The third kappa shape index (κ3) is 9.41. The monoisotopic (exact) mass is 801 g/mol. The molecule has 6 atom stereocenters. The fourth-order valence-corrected chi connectivity index (χ4v) is 9.24. The highest BCUT2D eigenvalue weighted by molar-refractivity contribution is 7.91. The minimum absolute atomic E-state index is 0.0996. The van der Waals surface area contributed by atoms with E-state index in [0.29, 0.717) is 44.4 Å². The number of carbonyl (C=O) groups excluding carboxylic acids is 5. The Labute approximate surface area is 328 Å². The molecule has 1 aromatic rings. The molecule has 17 heteroatoms. The predicted octanol–water partition coefficient (Wildman–Crippen LogP) is 3.24. The number of carbonyl (C=O) groups is 5. The van der Waals surface area contributed by atoms with Gasteiger partial charge in [-0.2, -0.15) is 0 Å². The maximum atomic E-state index is 14.5. The molecule has 3 heterocycles. The van der Waals surface area contributed by atoms with E-state index in [1.807, 2.05) is 30.4 Å². The number of nitrogens with one attached hydrogen (secondary N) is 3. The Morgan fingerprint density at radius 3 is 2.52 bits per heavy atom. The second-order valence-corrected chi connectivity index (χ2v) is 18.4. The topological polar surface area (TPSA) is 199 Å². The fraction of sp³-hybridized carbons (Fsp3) is 0.667. The van der Waals surface area contributed by atoms with Crippen LogP contribution in [0.3, 0.4) is 0 Å². The van der Waals surface area contributed by atoms with Crippen LogP contribution < -0.4 is 20.1 Å². The molecule has 3 fully saturated rings. The molecule has 3 N–H and O–H groups in total. The Hall–Kier alpha value is -4.38. The van der Waals surface area contributed by atoms with Gasteiger partial charge in [0.2, 0.25) is 21.8 Å². The summed E-state index contributed by atoms with van der Waals surface area (Å²) in [7, 11) is -0.787. The van der Waals surface area contributed by atoms with Crippen LogP contribution in [0.2, 0.25) is 0 Å². The zero-order chi connectivity index (χ0) is 40.4. The lowest BCUT2D eigenvalue weighted by Gasteiger charge is -2.37. The van der Waals surface area contributed by atoms with Gasteiger partial charge >= 0.3 is 12.2 Å². The largest absolute Gasteiger partial charge is 0.497 e. The number of alkyl carbamates (subject to hydrolysis) is 1. The number of fused-ring (bicyclic) bond motifs is 3. The second-order valence-electron chi connectivity index (χ2n) is 16.4. The number of hydrogen-bond donors (Lipinski definition) is 3. The van der Waals surface area contributed by atoms with Crippen LogP contribution in [0, 0.1) is 5.92 Å². The summed E-state index contributed by atoms with van der Waals surface area (Å²) in [5, 5.41) is 4.88. The lowest BCUT2D eigenvalue weighted by Crippen LogP contribution is -2.58. The summed E-state index contributed by atoms with van der Waals surface area (Å²) in [6, 6.07) is 2.90. The van der Waals surface area contributed by atoms with E-state index < -0.39 is 86.5 Å². The molecular formula is C39H55N5O11S. The number of methoxy groups -OCH3 is 2. The first kappa shape index (κ1) is 41.3. The van der Waals surface area contributed by atoms with Gasteiger partial charge in [-0.1, -0.05) is 31.1 Å². The lowest BCUT2D eigenvalue weighted by molar-refractivity contribution is -0.141. The van der Waals surface area contributed by atoms with Gasteiger partial charge in [0.1, 0.15) is 35.1 Å². The Morgan fingerprint density at radius 1 is 1.05 bits per heavy atom. The molecule has 2 saturated carbocycles. The molecule has 16 nitrogen and oxygen atoms in total. The first-order valence-corrected chi connectivity index (χ1v) is 21.1. The van der Waals surface area contributed by atoms with Gasteiger partial charge < -0.3 is 34.5 Å². The minimum atomic E-state index is -3.92. The van der Waals surface area contributed by atoms with Crippen molar-refractivity contribution in [3.8, 4) is 5.75 Å². The average Bonchev–Trinajstić information content (AvgIpc) is 4.06. The number of rotatable bonds is 8. The molecule has 5 aliphatic rings. The van der Waals surface area contributed by atoms with E-state index in [4.69, 9.17) is 18.9 Å². The maximum Gasteiger partial charge on any atom is 0.410 e. The molecule has 0 radical (unpaired) electrons. The van der Waals surface area contributed by atoms with Gasteiger partial charge in [-0.05, 0) is 89.0 Å². The van der Waals surface area contributed by atoms with Crippen LogP contribution >= 0.6 is 0 Å². The van der Waals surface area contributed by atoms with Crippen molar-refractivity contribution in [3.63, 3.8) is 0 Å².